The monoisotopic (exact) mass is 262 g/mol. The van der Waals surface area contributed by atoms with Crippen LogP contribution in [0.1, 0.15) is 45.4 Å². The number of nitrogens with zero attached hydrogens (tertiary/aromatic N) is 2. The molecule has 1 saturated carbocycles. The van der Waals surface area contributed by atoms with Crippen molar-refractivity contribution >= 4 is 0 Å². The lowest BCUT2D eigenvalue weighted by Crippen LogP contribution is -2.54. The third kappa shape index (κ3) is 1.50. The van der Waals surface area contributed by atoms with Crippen LogP contribution < -0.4 is 0 Å². The van der Waals surface area contributed by atoms with Crippen molar-refractivity contribution in [3.05, 3.63) is 0 Å². The number of aliphatic hydroxyl groups is 1. The second-order valence-electron chi connectivity index (χ2n) is 7.10. The Morgan fingerprint density at radius 2 is 2.05 bits per heavy atom. The van der Waals surface area contributed by atoms with Crippen LogP contribution in [0.4, 0.5) is 0 Å². The molecule has 0 amide bonds. The van der Waals surface area contributed by atoms with Gasteiger partial charge in [-0.1, -0.05) is 0 Å². The number of ether oxygens (including phenoxy) is 1. The van der Waals surface area contributed by atoms with Crippen LogP contribution in [0.2, 0.25) is 0 Å². The van der Waals surface area contributed by atoms with Gasteiger partial charge >= 0.3 is 0 Å². The molecule has 0 radical (unpaired) electrons. The summed E-state index contributed by atoms with van der Waals surface area (Å²) in [6.07, 6.45) is 6.13. The Labute approximate surface area is 114 Å². The molecule has 0 spiro atoms. The molecule has 0 aromatic rings. The molecule has 4 rings (SSSR count). The van der Waals surface area contributed by atoms with Crippen LogP contribution in [0, 0.1) is 16.7 Å². The molecule has 3 saturated heterocycles. The molecule has 2 bridgehead atoms. The number of rotatable bonds is 2. The minimum absolute atomic E-state index is 0.0427. The van der Waals surface area contributed by atoms with E-state index in [0.29, 0.717) is 18.6 Å². The molecule has 104 valence electrons. The highest BCUT2D eigenvalue weighted by atomic mass is 16.5. The SMILES string of the molecule is CC1CC(O)(C2(C#N)CC3CCC2O3)CN1C1CC1. The van der Waals surface area contributed by atoms with E-state index in [1.165, 1.54) is 12.8 Å². The van der Waals surface area contributed by atoms with Gasteiger partial charge in [0.15, 0.2) is 0 Å². The highest BCUT2D eigenvalue weighted by molar-refractivity contribution is 5.24. The van der Waals surface area contributed by atoms with Crippen molar-refractivity contribution in [2.75, 3.05) is 6.54 Å². The van der Waals surface area contributed by atoms with Gasteiger partial charge in [0, 0.05) is 18.6 Å². The maximum absolute atomic E-state index is 11.2. The van der Waals surface area contributed by atoms with Gasteiger partial charge in [0.25, 0.3) is 0 Å². The van der Waals surface area contributed by atoms with E-state index in [1.807, 2.05) is 0 Å². The van der Waals surface area contributed by atoms with E-state index in [1.54, 1.807) is 0 Å². The average Bonchev–Trinajstić information content (AvgIpc) is 2.89. The first-order valence-corrected chi connectivity index (χ1v) is 7.63. The molecule has 4 nitrogen and oxygen atoms in total. The maximum atomic E-state index is 11.2. The zero-order valence-corrected chi connectivity index (χ0v) is 11.5. The third-order valence-corrected chi connectivity index (χ3v) is 5.90. The zero-order valence-electron chi connectivity index (χ0n) is 11.5. The number of nitriles is 1. The van der Waals surface area contributed by atoms with Crippen LogP contribution in [-0.2, 0) is 4.74 Å². The van der Waals surface area contributed by atoms with Crippen LogP contribution in [-0.4, -0.2) is 46.4 Å². The van der Waals surface area contributed by atoms with Gasteiger partial charge in [0.1, 0.15) is 11.0 Å². The fourth-order valence-corrected chi connectivity index (χ4v) is 4.77. The normalized spacial score (nSPS) is 53.6. The van der Waals surface area contributed by atoms with Crippen LogP contribution in [0.3, 0.4) is 0 Å². The molecular weight excluding hydrogens is 240 g/mol. The van der Waals surface area contributed by atoms with Crippen molar-refractivity contribution in [3.63, 3.8) is 0 Å². The van der Waals surface area contributed by atoms with Crippen molar-refractivity contribution in [2.24, 2.45) is 5.41 Å². The first-order chi connectivity index (χ1) is 9.08. The van der Waals surface area contributed by atoms with Gasteiger partial charge in [-0.25, -0.2) is 0 Å². The first-order valence-electron chi connectivity index (χ1n) is 7.63. The molecule has 0 aromatic heterocycles. The van der Waals surface area contributed by atoms with E-state index in [4.69, 9.17) is 4.74 Å². The van der Waals surface area contributed by atoms with Crippen LogP contribution in [0.15, 0.2) is 0 Å². The quantitative estimate of drug-likeness (QED) is 0.818. The van der Waals surface area contributed by atoms with Crippen LogP contribution in [0.25, 0.3) is 0 Å². The van der Waals surface area contributed by atoms with E-state index in [0.717, 1.165) is 25.7 Å². The summed E-state index contributed by atoms with van der Waals surface area (Å²) >= 11 is 0. The number of hydrogen-bond acceptors (Lipinski definition) is 4. The smallest absolute Gasteiger partial charge is 0.116 e. The summed E-state index contributed by atoms with van der Waals surface area (Å²) in [5, 5.41) is 21.0. The van der Waals surface area contributed by atoms with E-state index in [-0.39, 0.29) is 12.2 Å². The van der Waals surface area contributed by atoms with Crippen LogP contribution >= 0.6 is 0 Å². The highest BCUT2D eigenvalue weighted by Crippen LogP contribution is 2.57. The summed E-state index contributed by atoms with van der Waals surface area (Å²) < 4.78 is 5.90. The summed E-state index contributed by atoms with van der Waals surface area (Å²) in [4.78, 5) is 2.42. The standard InChI is InChI=1S/C15H22N2O2/c1-10-6-15(18,9-17(10)11-2-3-11)14(8-16)7-12-4-5-13(14)19-12/h10-13,18H,2-7,9H2,1H3. The lowest BCUT2D eigenvalue weighted by Gasteiger charge is -2.41. The van der Waals surface area contributed by atoms with E-state index in [2.05, 4.69) is 17.9 Å². The second-order valence-corrected chi connectivity index (χ2v) is 7.10. The maximum Gasteiger partial charge on any atom is 0.116 e. The highest BCUT2D eigenvalue weighted by Gasteiger charge is 2.66. The lowest BCUT2D eigenvalue weighted by molar-refractivity contribution is -0.0770. The van der Waals surface area contributed by atoms with Gasteiger partial charge in [-0.05, 0) is 45.4 Å². The summed E-state index contributed by atoms with van der Waals surface area (Å²) in [7, 11) is 0. The average molecular weight is 262 g/mol. The Hall–Kier alpha value is -0.630. The van der Waals surface area contributed by atoms with Crippen molar-refractivity contribution in [2.45, 2.75) is 75.3 Å². The molecule has 1 aliphatic carbocycles. The largest absolute Gasteiger partial charge is 0.387 e. The molecule has 19 heavy (non-hydrogen) atoms. The van der Waals surface area contributed by atoms with Gasteiger partial charge < -0.3 is 9.84 Å². The van der Waals surface area contributed by atoms with Crippen LogP contribution in [0.5, 0.6) is 0 Å². The summed E-state index contributed by atoms with van der Waals surface area (Å²) in [5.41, 5.74) is -1.53. The zero-order chi connectivity index (χ0) is 13.3. The fraction of sp³-hybridized carbons (Fsp3) is 0.933. The number of hydrogen-bond donors (Lipinski definition) is 1. The molecule has 4 heteroatoms. The topological polar surface area (TPSA) is 56.5 Å². The number of likely N-dealkylation sites (tertiary alicyclic amines) is 1. The second kappa shape index (κ2) is 3.72. The first kappa shape index (κ1) is 12.1. The molecule has 5 unspecified atom stereocenters. The minimum atomic E-state index is -0.871. The number of β-amino-alcohol motifs (C(OH)–C–C–N with tert-alkyl or cyclic N) is 1. The molecule has 0 aromatic carbocycles. The molecule has 3 heterocycles. The summed E-state index contributed by atoms with van der Waals surface area (Å²) in [6, 6.07) is 3.53. The Bertz CT molecular complexity index is 444. The molecule has 3 aliphatic heterocycles. The molecule has 4 aliphatic rings. The lowest BCUT2D eigenvalue weighted by atomic mass is 9.63. The third-order valence-electron chi connectivity index (χ3n) is 5.90. The predicted molar refractivity (Wildman–Crippen MR) is 69.3 cm³/mol. The van der Waals surface area contributed by atoms with Crippen molar-refractivity contribution in [1.29, 1.82) is 5.26 Å². The van der Waals surface area contributed by atoms with E-state index < -0.39 is 11.0 Å². The van der Waals surface area contributed by atoms with Gasteiger partial charge in [0.2, 0.25) is 0 Å². The predicted octanol–water partition coefficient (Wildman–Crippen LogP) is 1.44. The van der Waals surface area contributed by atoms with Gasteiger partial charge in [-0.2, -0.15) is 5.26 Å². The molecule has 1 N–H and O–H groups in total. The van der Waals surface area contributed by atoms with Gasteiger partial charge in [0.05, 0.1) is 18.3 Å². The molecule has 4 fully saturated rings. The number of fused-ring (bicyclic) bond motifs is 2. The fourth-order valence-electron chi connectivity index (χ4n) is 4.77. The summed E-state index contributed by atoms with van der Waals surface area (Å²) in [5.74, 6) is 0. The van der Waals surface area contributed by atoms with Crippen molar-refractivity contribution in [1.82, 2.24) is 4.90 Å². The molecule has 5 atom stereocenters. The van der Waals surface area contributed by atoms with E-state index >= 15 is 0 Å². The van der Waals surface area contributed by atoms with Gasteiger partial charge in [-0.3, -0.25) is 4.90 Å². The Morgan fingerprint density at radius 1 is 1.26 bits per heavy atom. The van der Waals surface area contributed by atoms with Gasteiger partial charge in [-0.15, -0.1) is 0 Å². The minimum Gasteiger partial charge on any atom is -0.387 e. The Kier molecular flexibility index (Phi) is 2.38. The van der Waals surface area contributed by atoms with E-state index in [9.17, 15) is 10.4 Å². The van der Waals surface area contributed by atoms with Crippen molar-refractivity contribution < 1.29 is 9.84 Å². The molecular formula is C15H22N2O2. The Balaban J connectivity index is 1.65. The van der Waals surface area contributed by atoms with Crippen molar-refractivity contribution in [3.8, 4) is 6.07 Å². The Morgan fingerprint density at radius 3 is 2.58 bits per heavy atom. The summed E-state index contributed by atoms with van der Waals surface area (Å²) in [6.45, 7) is 2.86.